The van der Waals surface area contributed by atoms with Crippen LogP contribution in [0.5, 0.6) is 0 Å². The van der Waals surface area contributed by atoms with Gasteiger partial charge in [-0.15, -0.1) is 0 Å². The van der Waals surface area contributed by atoms with Crippen molar-refractivity contribution in [3.05, 3.63) is 35.4 Å². The second-order valence-electron chi connectivity index (χ2n) is 4.72. The van der Waals surface area contributed by atoms with Crippen molar-refractivity contribution < 1.29 is 14.6 Å². The third kappa shape index (κ3) is 5.88. The fraction of sp³-hybridized carbons (Fsp3) is 0.562. The maximum atomic E-state index is 11.3. The molecule has 0 amide bonds. The maximum absolute atomic E-state index is 11.3. The van der Waals surface area contributed by atoms with Crippen molar-refractivity contribution in [3.8, 4) is 0 Å². The largest absolute Gasteiger partial charge is 0.466 e. The topological polar surface area (TPSA) is 46.5 Å². The predicted molar refractivity (Wildman–Crippen MR) is 75.9 cm³/mol. The van der Waals surface area contributed by atoms with Crippen LogP contribution in [0.15, 0.2) is 24.3 Å². The molecule has 1 rings (SSSR count). The molecule has 0 fully saturated rings. The van der Waals surface area contributed by atoms with Gasteiger partial charge in [-0.1, -0.05) is 44.0 Å². The first-order valence-corrected chi connectivity index (χ1v) is 7.09. The number of aryl methyl sites for hydroxylation is 1. The first-order chi connectivity index (χ1) is 9.17. The SMILES string of the molecule is CCCCCc1ccc(C(O)CC(=O)OCC)cc1. The van der Waals surface area contributed by atoms with Gasteiger partial charge in [0.2, 0.25) is 0 Å². The first kappa shape index (κ1) is 15.7. The molecule has 1 unspecified atom stereocenters. The van der Waals surface area contributed by atoms with Gasteiger partial charge in [0, 0.05) is 0 Å². The molecule has 0 aliphatic rings. The quantitative estimate of drug-likeness (QED) is 0.578. The van der Waals surface area contributed by atoms with Gasteiger partial charge in [0.05, 0.1) is 19.1 Å². The van der Waals surface area contributed by atoms with Crippen LogP contribution < -0.4 is 0 Å². The molecule has 1 N–H and O–H groups in total. The second-order valence-corrected chi connectivity index (χ2v) is 4.72. The smallest absolute Gasteiger partial charge is 0.308 e. The number of hydrogen-bond donors (Lipinski definition) is 1. The molecule has 19 heavy (non-hydrogen) atoms. The van der Waals surface area contributed by atoms with E-state index >= 15 is 0 Å². The number of aliphatic hydroxyl groups excluding tert-OH is 1. The lowest BCUT2D eigenvalue weighted by molar-refractivity contribution is -0.145. The Balaban J connectivity index is 2.48. The van der Waals surface area contributed by atoms with Crippen LogP contribution in [0.1, 0.15) is 56.8 Å². The van der Waals surface area contributed by atoms with Gasteiger partial charge in [0.25, 0.3) is 0 Å². The van der Waals surface area contributed by atoms with Gasteiger partial charge < -0.3 is 9.84 Å². The molecule has 3 heteroatoms. The van der Waals surface area contributed by atoms with Crippen molar-refractivity contribution >= 4 is 5.97 Å². The molecule has 0 aromatic heterocycles. The molecule has 0 radical (unpaired) electrons. The number of esters is 1. The highest BCUT2D eigenvalue weighted by atomic mass is 16.5. The van der Waals surface area contributed by atoms with Gasteiger partial charge >= 0.3 is 5.97 Å². The number of unbranched alkanes of at least 4 members (excludes halogenated alkanes) is 2. The summed E-state index contributed by atoms with van der Waals surface area (Å²) < 4.78 is 4.82. The third-order valence-corrected chi connectivity index (χ3v) is 3.10. The summed E-state index contributed by atoms with van der Waals surface area (Å²) in [6.07, 6.45) is 3.97. The summed E-state index contributed by atoms with van der Waals surface area (Å²) in [5.74, 6) is -0.359. The fourth-order valence-corrected chi connectivity index (χ4v) is 1.98. The average molecular weight is 264 g/mol. The van der Waals surface area contributed by atoms with Gasteiger partial charge in [-0.3, -0.25) is 4.79 Å². The van der Waals surface area contributed by atoms with E-state index < -0.39 is 6.10 Å². The standard InChI is InChI=1S/C16H24O3/c1-3-5-6-7-13-8-10-14(11-9-13)15(17)12-16(18)19-4-2/h8-11,15,17H,3-7,12H2,1-2H3. The highest BCUT2D eigenvalue weighted by Gasteiger charge is 2.13. The Morgan fingerprint density at radius 1 is 1.21 bits per heavy atom. The van der Waals surface area contributed by atoms with Crippen molar-refractivity contribution in [1.82, 2.24) is 0 Å². The van der Waals surface area contributed by atoms with E-state index in [0.29, 0.717) is 6.61 Å². The Hall–Kier alpha value is -1.35. The first-order valence-electron chi connectivity index (χ1n) is 7.09. The number of ether oxygens (including phenoxy) is 1. The zero-order valence-corrected chi connectivity index (χ0v) is 11.9. The van der Waals surface area contributed by atoms with E-state index in [4.69, 9.17) is 4.74 Å². The number of rotatable bonds is 8. The number of carbonyl (C=O) groups is 1. The van der Waals surface area contributed by atoms with E-state index in [1.54, 1.807) is 6.92 Å². The average Bonchev–Trinajstić information content (AvgIpc) is 2.40. The fourth-order valence-electron chi connectivity index (χ4n) is 1.98. The summed E-state index contributed by atoms with van der Waals surface area (Å²) in [5.41, 5.74) is 2.05. The summed E-state index contributed by atoms with van der Waals surface area (Å²) in [6.45, 7) is 4.30. The van der Waals surface area contributed by atoms with Crippen molar-refractivity contribution in [3.63, 3.8) is 0 Å². The zero-order valence-electron chi connectivity index (χ0n) is 11.9. The number of hydrogen-bond acceptors (Lipinski definition) is 3. The number of aliphatic hydroxyl groups is 1. The van der Waals surface area contributed by atoms with Crippen LogP contribution in [0.3, 0.4) is 0 Å². The van der Waals surface area contributed by atoms with Crippen LogP contribution in [0.4, 0.5) is 0 Å². The van der Waals surface area contributed by atoms with Crippen LogP contribution in [0.25, 0.3) is 0 Å². The van der Waals surface area contributed by atoms with Gasteiger partial charge in [0.1, 0.15) is 0 Å². The molecule has 0 aliphatic heterocycles. The minimum atomic E-state index is -0.774. The van der Waals surface area contributed by atoms with E-state index in [-0.39, 0.29) is 12.4 Å². The van der Waals surface area contributed by atoms with Crippen LogP contribution in [-0.4, -0.2) is 17.7 Å². The highest BCUT2D eigenvalue weighted by Crippen LogP contribution is 2.18. The second kappa shape index (κ2) is 8.70. The van der Waals surface area contributed by atoms with Crippen LogP contribution in [0.2, 0.25) is 0 Å². The van der Waals surface area contributed by atoms with Crippen LogP contribution in [0, 0.1) is 0 Å². The molecule has 0 heterocycles. The predicted octanol–water partition coefficient (Wildman–Crippen LogP) is 3.41. The lowest BCUT2D eigenvalue weighted by atomic mass is 10.0. The van der Waals surface area contributed by atoms with Crippen molar-refractivity contribution in [1.29, 1.82) is 0 Å². The van der Waals surface area contributed by atoms with E-state index in [2.05, 4.69) is 6.92 Å². The summed E-state index contributed by atoms with van der Waals surface area (Å²) >= 11 is 0. The van der Waals surface area contributed by atoms with Crippen LogP contribution in [-0.2, 0) is 16.0 Å². The van der Waals surface area contributed by atoms with Gasteiger partial charge in [-0.25, -0.2) is 0 Å². The lowest BCUT2D eigenvalue weighted by Gasteiger charge is -2.11. The molecule has 0 bridgehead atoms. The Morgan fingerprint density at radius 2 is 1.89 bits per heavy atom. The van der Waals surface area contributed by atoms with E-state index in [1.807, 2.05) is 24.3 Å². The van der Waals surface area contributed by atoms with Gasteiger partial charge in [-0.2, -0.15) is 0 Å². The van der Waals surface area contributed by atoms with E-state index in [0.717, 1.165) is 12.0 Å². The molecule has 3 nitrogen and oxygen atoms in total. The van der Waals surface area contributed by atoms with Crippen molar-refractivity contribution in [2.45, 2.75) is 52.1 Å². The summed E-state index contributed by atoms with van der Waals surface area (Å²) in [7, 11) is 0. The molecule has 1 aromatic rings. The summed E-state index contributed by atoms with van der Waals surface area (Å²) in [5, 5.41) is 9.92. The molecule has 0 saturated heterocycles. The molecular weight excluding hydrogens is 240 g/mol. The molecule has 0 saturated carbocycles. The number of benzene rings is 1. The normalized spacial score (nSPS) is 12.2. The Morgan fingerprint density at radius 3 is 2.47 bits per heavy atom. The molecule has 0 spiro atoms. The molecule has 0 aliphatic carbocycles. The Kier molecular flexibility index (Phi) is 7.19. The maximum Gasteiger partial charge on any atom is 0.308 e. The van der Waals surface area contributed by atoms with Crippen molar-refractivity contribution in [2.24, 2.45) is 0 Å². The summed E-state index contributed by atoms with van der Waals surface area (Å²) in [4.78, 5) is 11.3. The highest BCUT2D eigenvalue weighted by molar-refractivity contribution is 5.70. The summed E-state index contributed by atoms with van der Waals surface area (Å²) in [6, 6.07) is 7.84. The molecular formula is C16H24O3. The monoisotopic (exact) mass is 264 g/mol. The van der Waals surface area contributed by atoms with Gasteiger partial charge in [0.15, 0.2) is 0 Å². The Labute approximate surface area is 115 Å². The molecule has 106 valence electrons. The zero-order chi connectivity index (χ0) is 14.1. The van der Waals surface area contributed by atoms with Crippen molar-refractivity contribution in [2.75, 3.05) is 6.61 Å². The molecule has 1 aromatic carbocycles. The Bertz CT molecular complexity index is 370. The lowest BCUT2D eigenvalue weighted by Crippen LogP contribution is -2.10. The van der Waals surface area contributed by atoms with E-state index in [9.17, 15) is 9.90 Å². The van der Waals surface area contributed by atoms with Crippen LogP contribution >= 0.6 is 0 Å². The molecule has 1 atom stereocenters. The third-order valence-electron chi connectivity index (χ3n) is 3.10. The number of carbonyl (C=O) groups excluding carboxylic acids is 1. The minimum absolute atomic E-state index is 0.0169. The van der Waals surface area contributed by atoms with Gasteiger partial charge in [-0.05, 0) is 30.9 Å². The minimum Gasteiger partial charge on any atom is -0.466 e. The van der Waals surface area contributed by atoms with E-state index in [1.165, 1.54) is 24.8 Å².